The summed E-state index contributed by atoms with van der Waals surface area (Å²) in [4.78, 5) is 16.8. The summed E-state index contributed by atoms with van der Waals surface area (Å²) in [5.74, 6) is 0.609. The van der Waals surface area contributed by atoms with Gasteiger partial charge < -0.3 is 20.3 Å². The molecule has 2 atom stereocenters. The smallest absolute Gasteiger partial charge is 0.223 e. The molecule has 1 fully saturated rings. The van der Waals surface area contributed by atoms with Gasteiger partial charge in [0.15, 0.2) is 0 Å². The van der Waals surface area contributed by atoms with E-state index in [9.17, 15) is 4.79 Å². The Morgan fingerprint density at radius 2 is 1.78 bits per heavy atom. The second kappa shape index (κ2) is 14.3. The largest absolute Gasteiger partial charge is 0.383 e. The number of nitrogens with two attached hydrogens (primary N) is 1. The number of carbonyl (C=O) groups excluding carboxylic acids is 1. The van der Waals surface area contributed by atoms with Crippen molar-refractivity contribution in [2.75, 3.05) is 46.4 Å². The molecule has 7 heteroatoms. The second-order valence-corrected chi connectivity index (χ2v) is 5.96. The number of amides is 1. The standard InChI is InChI=1S/C16H33N3O2.2ClH/c1-4-18(5-2)9-10-19(11-12-21-3)16(20)13-14-7-6-8-15(14)17;;/h14-15H,4-13,17H2,1-3H3;2*1H/t14-,15+;;/m0../s1. The van der Waals surface area contributed by atoms with Gasteiger partial charge in [-0.3, -0.25) is 4.79 Å². The molecular formula is C16H35Cl2N3O2. The molecule has 0 unspecified atom stereocenters. The number of halogens is 2. The van der Waals surface area contributed by atoms with Gasteiger partial charge in [-0.15, -0.1) is 24.8 Å². The van der Waals surface area contributed by atoms with Gasteiger partial charge in [-0.2, -0.15) is 0 Å². The van der Waals surface area contributed by atoms with Crippen molar-refractivity contribution in [1.82, 2.24) is 9.80 Å². The topological polar surface area (TPSA) is 58.8 Å². The molecule has 2 N–H and O–H groups in total. The molecule has 1 saturated carbocycles. The first-order valence-electron chi connectivity index (χ1n) is 8.36. The molecule has 0 radical (unpaired) electrons. The van der Waals surface area contributed by atoms with Gasteiger partial charge in [0, 0.05) is 39.2 Å². The van der Waals surface area contributed by atoms with Crippen molar-refractivity contribution in [2.24, 2.45) is 11.7 Å². The molecule has 5 nitrogen and oxygen atoms in total. The van der Waals surface area contributed by atoms with Gasteiger partial charge in [0.1, 0.15) is 0 Å². The van der Waals surface area contributed by atoms with Gasteiger partial charge in [0.25, 0.3) is 0 Å². The van der Waals surface area contributed by atoms with Gasteiger partial charge in [0.05, 0.1) is 6.61 Å². The lowest BCUT2D eigenvalue weighted by Crippen LogP contribution is -2.41. The van der Waals surface area contributed by atoms with Crippen molar-refractivity contribution < 1.29 is 9.53 Å². The minimum absolute atomic E-state index is 0. The maximum atomic E-state index is 12.5. The van der Waals surface area contributed by atoms with E-state index in [0.717, 1.165) is 45.4 Å². The molecule has 0 bridgehead atoms. The summed E-state index contributed by atoms with van der Waals surface area (Å²) in [7, 11) is 1.68. The third kappa shape index (κ3) is 9.11. The molecule has 0 spiro atoms. The average Bonchev–Trinajstić information content (AvgIpc) is 2.88. The van der Waals surface area contributed by atoms with Crippen LogP contribution >= 0.6 is 24.8 Å². The molecule has 1 rings (SSSR count). The molecule has 0 heterocycles. The van der Waals surface area contributed by atoms with Gasteiger partial charge in [-0.25, -0.2) is 0 Å². The predicted octanol–water partition coefficient (Wildman–Crippen LogP) is 2.16. The van der Waals surface area contributed by atoms with E-state index in [1.54, 1.807) is 7.11 Å². The summed E-state index contributed by atoms with van der Waals surface area (Å²) in [6.45, 7) is 9.35. The van der Waals surface area contributed by atoms with Crippen LogP contribution in [0, 0.1) is 5.92 Å². The minimum Gasteiger partial charge on any atom is -0.383 e. The maximum Gasteiger partial charge on any atom is 0.223 e. The fourth-order valence-electron chi connectivity index (χ4n) is 3.04. The van der Waals surface area contributed by atoms with Crippen LogP contribution in [-0.2, 0) is 9.53 Å². The highest BCUT2D eigenvalue weighted by atomic mass is 35.5. The normalized spacial score (nSPS) is 20.0. The maximum absolute atomic E-state index is 12.5. The number of rotatable bonds is 10. The van der Waals surface area contributed by atoms with Crippen LogP contribution in [0.25, 0.3) is 0 Å². The molecule has 1 amide bonds. The monoisotopic (exact) mass is 371 g/mol. The first kappa shape index (κ1) is 25.2. The molecule has 0 aromatic carbocycles. The molecule has 0 aromatic heterocycles. The zero-order valence-electron chi connectivity index (χ0n) is 14.8. The van der Waals surface area contributed by atoms with Gasteiger partial charge in [0.2, 0.25) is 5.91 Å². The van der Waals surface area contributed by atoms with Crippen LogP contribution in [0.15, 0.2) is 0 Å². The SMILES string of the molecule is CCN(CC)CCN(CCOC)C(=O)C[C@@H]1CCC[C@H]1N.Cl.Cl. The third-order valence-corrected chi connectivity index (χ3v) is 4.65. The Morgan fingerprint density at radius 1 is 1.13 bits per heavy atom. The van der Waals surface area contributed by atoms with E-state index in [-0.39, 0.29) is 36.8 Å². The fraction of sp³-hybridized carbons (Fsp3) is 0.938. The molecule has 1 aliphatic rings. The predicted molar refractivity (Wildman–Crippen MR) is 101 cm³/mol. The second-order valence-electron chi connectivity index (χ2n) is 5.96. The summed E-state index contributed by atoms with van der Waals surface area (Å²) in [5, 5.41) is 0. The summed E-state index contributed by atoms with van der Waals surface area (Å²) in [5.41, 5.74) is 6.09. The first-order valence-corrected chi connectivity index (χ1v) is 8.36. The molecular weight excluding hydrogens is 337 g/mol. The van der Waals surface area contributed by atoms with Crippen molar-refractivity contribution in [2.45, 2.75) is 45.6 Å². The highest BCUT2D eigenvalue weighted by Crippen LogP contribution is 2.27. The number of methoxy groups -OCH3 is 1. The molecule has 140 valence electrons. The minimum atomic E-state index is 0. The van der Waals surface area contributed by atoms with E-state index < -0.39 is 0 Å². The van der Waals surface area contributed by atoms with Gasteiger partial charge >= 0.3 is 0 Å². The molecule has 0 aliphatic heterocycles. The van der Waals surface area contributed by atoms with Crippen LogP contribution in [0.5, 0.6) is 0 Å². The summed E-state index contributed by atoms with van der Waals surface area (Å²) in [6.07, 6.45) is 3.93. The Hall–Kier alpha value is -0.0700. The van der Waals surface area contributed by atoms with Crippen molar-refractivity contribution in [3.63, 3.8) is 0 Å². The highest BCUT2D eigenvalue weighted by molar-refractivity contribution is 5.85. The van der Waals surface area contributed by atoms with E-state index >= 15 is 0 Å². The lowest BCUT2D eigenvalue weighted by Gasteiger charge is -2.28. The Labute approximate surface area is 154 Å². The Balaban J connectivity index is 0. The first-order chi connectivity index (χ1) is 10.1. The highest BCUT2D eigenvalue weighted by Gasteiger charge is 2.27. The number of hydrogen-bond donors (Lipinski definition) is 1. The number of hydrogen-bond acceptors (Lipinski definition) is 4. The number of likely N-dealkylation sites (N-methyl/N-ethyl adjacent to an activating group) is 1. The summed E-state index contributed by atoms with van der Waals surface area (Å²) in [6, 6.07) is 0.209. The van der Waals surface area contributed by atoms with Crippen LogP contribution in [0.2, 0.25) is 0 Å². The molecule has 0 aromatic rings. The van der Waals surface area contributed by atoms with Crippen molar-refractivity contribution in [3.8, 4) is 0 Å². The number of nitrogens with zero attached hydrogens (tertiary/aromatic N) is 2. The fourth-order valence-corrected chi connectivity index (χ4v) is 3.04. The van der Waals surface area contributed by atoms with E-state index in [1.165, 1.54) is 0 Å². The summed E-state index contributed by atoms with van der Waals surface area (Å²) >= 11 is 0. The van der Waals surface area contributed by atoms with Crippen molar-refractivity contribution in [1.29, 1.82) is 0 Å². The lowest BCUT2D eigenvalue weighted by atomic mass is 9.99. The van der Waals surface area contributed by atoms with Crippen LogP contribution in [0.3, 0.4) is 0 Å². The Kier molecular flexibility index (Phi) is 15.6. The average molecular weight is 372 g/mol. The number of ether oxygens (including phenoxy) is 1. The zero-order chi connectivity index (χ0) is 15.7. The van der Waals surface area contributed by atoms with Crippen LogP contribution in [0.4, 0.5) is 0 Å². The molecule has 1 aliphatic carbocycles. The quantitative estimate of drug-likeness (QED) is 0.639. The number of carbonyl (C=O) groups is 1. The van der Waals surface area contributed by atoms with E-state index in [2.05, 4.69) is 18.7 Å². The molecule has 0 saturated heterocycles. The van der Waals surface area contributed by atoms with E-state index in [4.69, 9.17) is 10.5 Å². The third-order valence-electron chi connectivity index (χ3n) is 4.65. The van der Waals surface area contributed by atoms with E-state index in [0.29, 0.717) is 25.5 Å². The Bertz CT molecular complexity index is 305. The van der Waals surface area contributed by atoms with Gasteiger partial charge in [-0.05, 0) is 31.8 Å². The van der Waals surface area contributed by atoms with Crippen LogP contribution in [-0.4, -0.2) is 68.2 Å². The summed E-state index contributed by atoms with van der Waals surface area (Å²) < 4.78 is 5.14. The Morgan fingerprint density at radius 3 is 2.26 bits per heavy atom. The van der Waals surface area contributed by atoms with E-state index in [1.807, 2.05) is 4.90 Å². The van der Waals surface area contributed by atoms with Crippen molar-refractivity contribution >= 4 is 30.7 Å². The van der Waals surface area contributed by atoms with Crippen LogP contribution in [0.1, 0.15) is 39.5 Å². The lowest BCUT2D eigenvalue weighted by molar-refractivity contribution is -0.133. The van der Waals surface area contributed by atoms with Gasteiger partial charge in [-0.1, -0.05) is 20.3 Å². The van der Waals surface area contributed by atoms with Crippen molar-refractivity contribution in [3.05, 3.63) is 0 Å². The zero-order valence-corrected chi connectivity index (χ0v) is 16.5. The molecule has 23 heavy (non-hydrogen) atoms. The van der Waals surface area contributed by atoms with Crippen LogP contribution < -0.4 is 5.73 Å².